The van der Waals surface area contributed by atoms with Crippen molar-refractivity contribution in [3.63, 3.8) is 0 Å². The lowest BCUT2D eigenvalue weighted by molar-refractivity contribution is -0.385. The van der Waals surface area contributed by atoms with Gasteiger partial charge in [0.25, 0.3) is 11.4 Å². The number of fused-ring (bicyclic) bond motifs is 3. The third-order valence-corrected chi connectivity index (χ3v) is 15.0. The molecular weight excluding hydrogens is 984 g/mol. The Kier molecular flexibility index (Phi) is 17.3. The number of carbonyl (C=O) groups is 1. The van der Waals surface area contributed by atoms with Crippen molar-refractivity contribution in [2.24, 2.45) is 22.9 Å². The summed E-state index contributed by atoms with van der Waals surface area (Å²) in [4.78, 5) is 45.7. The molecule has 2 aliphatic carbocycles. The number of nitrogens with zero attached hydrogens (tertiary/aromatic N) is 4. The first-order valence-electron chi connectivity index (χ1n) is 26.0. The number of hydrogen-bond acceptors (Lipinski definition) is 12. The summed E-state index contributed by atoms with van der Waals surface area (Å²) >= 11 is 0. The number of hydrogen-bond donors (Lipinski definition) is 2. The van der Waals surface area contributed by atoms with Crippen LogP contribution < -0.4 is 9.47 Å². The van der Waals surface area contributed by atoms with E-state index in [1.54, 1.807) is 65.6 Å². The molecule has 398 valence electrons. The van der Waals surface area contributed by atoms with Crippen LogP contribution in [0, 0.1) is 43.8 Å². The van der Waals surface area contributed by atoms with Gasteiger partial charge in [0.1, 0.15) is 36.6 Å². The zero-order valence-electron chi connectivity index (χ0n) is 42.5. The van der Waals surface area contributed by atoms with E-state index >= 15 is 4.79 Å². The Morgan fingerprint density at radius 1 is 0.831 bits per heavy atom. The molecule has 6 atom stereocenters. The number of aliphatic hydroxyl groups is 2. The molecule has 2 N–H and O–H groups in total. The summed E-state index contributed by atoms with van der Waals surface area (Å²) in [6, 6.07) is 36.9. The van der Waals surface area contributed by atoms with Crippen molar-refractivity contribution in [2.75, 3.05) is 19.8 Å². The summed E-state index contributed by atoms with van der Waals surface area (Å²) in [6.45, 7) is 4.11. The van der Waals surface area contributed by atoms with Gasteiger partial charge in [-0.3, -0.25) is 25.0 Å². The number of nitro benzene ring substituents is 2. The quantitative estimate of drug-likeness (QED) is 0.0192. The normalized spacial score (nSPS) is 20.9. The van der Waals surface area contributed by atoms with Crippen LogP contribution in [-0.4, -0.2) is 68.2 Å². The number of benzene rings is 6. The van der Waals surface area contributed by atoms with Gasteiger partial charge in [0.15, 0.2) is 0 Å². The van der Waals surface area contributed by atoms with E-state index in [1.165, 1.54) is 36.4 Å². The van der Waals surface area contributed by atoms with Crippen LogP contribution in [0.3, 0.4) is 0 Å². The van der Waals surface area contributed by atoms with E-state index < -0.39 is 45.2 Å². The number of ether oxygens (including phenoxy) is 3. The van der Waals surface area contributed by atoms with Gasteiger partial charge >= 0.3 is 0 Å². The molecule has 15 nitrogen and oxygen atoms in total. The minimum Gasteiger partial charge on any atom is -0.489 e. The molecule has 0 spiro atoms. The fourth-order valence-corrected chi connectivity index (χ4v) is 11.3. The third kappa shape index (κ3) is 12.0. The van der Waals surface area contributed by atoms with Gasteiger partial charge in [-0.1, -0.05) is 90.8 Å². The van der Waals surface area contributed by atoms with Gasteiger partial charge in [0, 0.05) is 73.6 Å². The van der Waals surface area contributed by atoms with E-state index in [1.807, 2.05) is 54.6 Å². The minimum atomic E-state index is -1.64. The second kappa shape index (κ2) is 24.7. The van der Waals surface area contributed by atoms with E-state index in [2.05, 4.69) is 12.7 Å². The Morgan fingerprint density at radius 3 is 2.25 bits per heavy atom. The van der Waals surface area contributed by atoms with Gasteiger partial charge in [-0.15, -0.1) is 6.58 Å². The highest BCUT2D eigenvalue weighted by Gasteiger charge is 2.65. The van der Waals surface area contributed by atoms with Gasteiger partial charge in [0.05, 0.1) is 28.1 Å². The Labute approximate surface area is 445 Å². The van der Waals surface area contributed by atoms with E-state index in [4.69, 9.17) is 24.2 Å². The molecule has 3 aliphatic rings. The molecule has 1 aliphatic heterocycles. The van der Waals surface area contributed by atoms with Crippen molar-refractivity contribution >= 4 is 39.8 Å². The van der Waals surface area contributed by atoms with Crippen LogP contribution in [0.4, 0.5) is 15.8 Å². The largest absolute Gasteiger partial charge is 0.489 e. The van der Waals surface area contributed by atoms with Gasteiger partial charge in [-0.25, -0.2) is 4.39 Å². The van der Waals surface area contributed by atoms with Crippen molar-refractivity contribution in [1.29, 1.82) is 0 Å². The van der Waals surface area contributed by atoms with Crippen LogP contribution in [0.5, 0.6) is 11.5 Å². The first-order chi connectivity index (χ1) is 37.5. The molecule has 0 radical (unpaired) electrons. The zero-order chi connectivity index (χ0) is 53.9. The lowest BCUT2D eigenvalue weighted by atomic mass is 9.55. The Morgan fingerprint density at radius 2 is 1.52 bits per heavy atom. The smallest absolute Gasteiger partial charge is 0.269 e. The third-order valence-electron chi connectivity index (χ3n) is 15.0. The molecule has 1 amide bonds. The van der Waals surface area contributed by atoms with E-state index in [-0.39, 0.29) is 69.2 Å². The van der Waals surface area contributed by atoms with Crippen molar-refractivity contribution in [2.45, 2.75) is 82.5 Å². The fourth-order valence-electron chi connectivity index (χ4n) is 11.3. The molecule has 1 saturated carbocycles. The Hall–Kier alpha value is -8.05. The molecule has 0 bridgehead atoms. The van der Waals surface area contributed by atoms with Crippen LogP contribution in [0.15, 0.2) is 169 Å². The number of nitro groups is 2. The zero-order valence-corrected chi connectivity index (χ0v) is 42.5. The number of carbonyl (C=O) groups excluding carboxylic acids is 1. The number of non-ortho nitro benzene ring substituents is 2. The van der Waals surface area contributed by atoms with E-state index in [0.717, 1.165) is 27.5 Å². The van der Waals surface area contributed by atoms with Gasteiger partial charge in [-0.2, -0.15) is 0 Å². The molecule has 6 aromatic carbocycles. The minimum absolute atomic E-state index is 0.000803. The summed E-state index contributed by atoms with van der Waals surface area (Å²) in [5, 5.41) is 50.1. The predicted octanol–water partition coefficient (Wildman–Crippen LogP) is 12.0. The topological polar surface area (TPSA) is 196 Å². The highest BCUT2D eigenvalue weighted by Crippen LogP contribution is 2.62. The van der Waals surface area contributed by atoms with Crippen LogP contribution in [-0.2, 0) is 34.1 Å². The molecule has 77 heavy (non-hydrogen) atoms. The number of oxime groups is 1. The van der Waals surface area contributed by atoms with Crippen molar-refractivity contribution in [1.82, 2.24) is 4.90 Å². The molecular formula is C61H61FN4O11. The number of amides is 1. The molecule has 9 rings (SSSR count). The van der Waals surface area contributed by atoms with Crippen LogP contribution in [0.2, 0.25) is 0 Å². The summed E-state index contributed by atoms with van der Waals surface area (Å²) in [5.74, 6) is -2.77. The molecule has 1 heterocycles. The molecule has 1 fully saturated rings. The molecule has 6 aromatic rings. The number of allylic oxidation sites excluding steroid dienone is 1. The first kappa shape index (κ1) is 53.8. The summed E-state index contributed by atoms with van der Waals surface area (Å²) in [5.41, 5.74) is 4.38. The molecule has 0 saturated heterocycles. The standard InChI is InChI=1S/C61H61FN4O11/c1-2-34-75-61-57(64(38-45-16-11-15-43-12-3-5-17-50(43)45)58(69)31-24-41-20-25-47(26-21-41)65(70)71)37-55(63-76-39-42-22-27-48(28-23-42)66(72)73)52-35-44(13-7-9-32-67)51(18-8-10-33-68)59(60(52)61)53-36-49(29-30-56(53)77-61)74-40-46-14-4-6-19-54(46)62/h2-6,11-12,14-17,19-31,35-36,44,51,57,59-60,67-68H,1,7-10,13,18,32-34,37-40H2/t44-,51+,57-,59+,60+,61+/m0/s1. The van der Waals surface area contributed by atoms with Crippen LogP contribution >= 0.6 is 0 Å². The lowest BCUT2D eigenvalue weighted by Crippen LogP contribution is -2.70. The Balaban J connectivity index is 1.25. The van der Waals surface area contributed by atoms with Gasteiger partial charge < -0.3 is 34.2 Å². The van der Waals surface area contributed by atoms with Crippen molar-refractivity contribution in [3.8, 4) is 11.5 Å². The fraction of sp³-hybridized carbons (Fsp3) is 0.311. The maximum absolute atomic E-state index is 15.6. The number of unbranched alkanes of at least 4 members (excludes halogenated alkanes) is 2. The highest BCUT2D eigenvalue weighted by atomic mass is 19.1. The van der Waals surface area contributed by atoms with Crippen molar-refractivity contribution in [3.05, 3.63) is 218 Å². The van der Waals surface area contributed by atoms with Crippen LogP contribution in [0.1, 0.15) is 78.7 Å². The van der Waals surface area contributed by atoms with Crippen LogP contribution in [0.25, 0.3) is 16.8 Å². The monoisotopic (exact) mass is 1040 g/mol. The summed E-state index contributed by atoms with van der Waals surface area (Å²) in [6.07, 6.45) is 10.9. The van der Waals surface area contributed by atoms with Gasteiger partial charge in [-0.05, 0) is 125 Å². The Bertz CT molecular complexity index is 3180. The number of aliphatic hydroxyl groups excluding tert-OH is 2. The van der Waals surface area contributed by atoms with Crippen molar-refractivity contribution < 1.29 is 48.3 Å². The molecule has 0 aromatic heterocycles. The molecule has 0 unspecified atom stereocenters. The maximum Gasteiger partial charge on any atom is 0.269 e. The summed E-state index contributed by atoms with van der Waals surface area (Å²) in [7, 11) is 0. The molecule has 16 heteroatoms. The number of halogens is 1. The maximum atomic E-state index is 15.6. The second-order valence-corrected chi connectivity index (χ2v) is 19.6. The SMILES string of the molecule is C=CCO[C@@]12Oc3ccc(OCc4ccccc4F)cc3[C@H]3[C@H](CCCCO)[C@@H](CCCCO)C=C(C(=NOCc4ccc([N+](=O)[O-])cc4)C[C@@H]1N(Cc1cccc4ccccc14)C(=O)C=Cc1ccc([N+](=O)[O-])cc1)[C@H]32. The summed E-state index contributed by atoms with van der Waals surface area (Å²) < 4.78 is 36.1. The average molecular weight is 1050 g/mol. The first-order valence-corrected chi connectivity index (χ1v) is 26.0. The highest BCUT2D eigenvalue weighted by molar-refractivity contribution is 6.03. The predicted molar refractivity (Wildman–Crippen MR) is 290 cm³/mol. The van der Waals surface area contributed by atoms with Gasteiger partial charge in [0.2, 0.25) is 11.7 Å². The second-order valence-electron chi connectivity index (χ2n) is 19.6. The average Bonchev–Trinajstić information content (AvgIpc) is 3.55. The lowest BCUT2D eigenvalue weighted by Gasteiger charge is -2.60. The number of rotatable bonds is 24. The van der Waals surface area contributed by atoms with E-state index in [0.29, 0.717) is 72.4 Å². The van der Waals surface area contributed by atoms with E-state index in [9.17, 15) is 34.8 Å².